The monoisotopic (exact) mass is 584 g/mol. The maximum Gasteiger partial charge on any atom is 0.339 e. The minimum absolute atomic E-state index is 0.00933. The number of anilines is 2. The van der Waals surface area contributed by atoms with Crippen LogP contribution < -0.4 is 18.9 Å². The van der Waals surface area contributed by atoms with Gasteiger partial charge in [0.25, 0.3) is 5.91 Å². The number of hydroxylamine groups is 1. The molecule has 0 spiro atoms. The lowest BCUT2D eigenvalue weighted by molar-refractivity contribution is -0.126. The SMILES string of the molecule is CCCOc1ccc(N2C(=O)[C@H]3[C@H](ON(c4ccccc4)[C@@H]3c3ccccc3OS(=O)(=O)c3ccccc3)C2=O)cc1. The van der Waals surface area contributed by atoms with E-state index in [1.165, 1.54) is 23.3 Å². The third-order valence-corrected chi connectivity index (χ3v) is 8.41. The number of fused-ring (bicyclic) bond motifs is 1. The second-order valence-corrected chi connectivity index (χ2v) is 11.4. The van der Waals surface area contributed by atoms with Crippen LogP contribution >= 0.6 is 0 Å². The van der Waals surface area contributed by atoms with Crippen LogP contribution in [0, 0.1) is 5.92 Å². The fraction of sp³-hybridized carbons (Fsp3) is 0.188. The number of benzene rings is 4. The lowest BCUT2D eigenvalue weighted by atomic mass is 9.90. The molecular formula is C32H28N2O7S. The number of ether oxygens (including phenoxy) is 1. The highest BCUT2D eigenvalue weighted by Crippen LogP contribution is 2.49. The van der Waals surface area contributed by atoms with Gasteiger partial charge >= 0.3 is 10.1 Å². The highest BCUT2D eigenvalue weighted by molar-refractivity contribution is 7.87. The van der Waals surface area contributed by atoms with Crippen LogP contribution in [0.25, 0.3) is 0 Å². The quantitative estimate of drug-likeness (QED) is 0.193. The summed E-state index contributed by atoms with van der Waals surface area (Å²) in [5.41, 5.74) is 1.38. The molecule has 0 aliphatic carbocycles. The maximum absolute atomic E-state index is 14.0. The average molecular weight is 585 g/mol. The van der Waals surface area contributed by atoms with Crippen LogP contribution in [-0.4, -0.2) is 32.9 Å². The summed E-state index contributed by atoms with van der Waals surface area (Å²) < 4.78 is 37.7. The van der Waals surface area contributed by atoms with E-state index in [0.717, 1.165) is 11.3 Å². The van der Waals surface area contributed by atoms with Crippen molar-refractivity contribution in [3.05, 3.63) is 115 Å². The van der Waals surface area contributed by atoms with E-state index in [4.69, 9.17) is 13.8 Å². The fourth-order valence-corrected chi connectivity index (χ4v) is 6.22. The Hall–Kier alpha value is -4.67. The Bertz CT molecular complexity index is 1700. The molecule has 0 aromatic heterocycles. The van der Waals surface area contributed by atoms with Gasteiger partial charge in [-0.25, -0.2) is 9.96 Å². The number of amides is 2. The van der Waals surface area contributed by atoms with Crippen molar-refractivity contribution in [2.24, 2.45) is 5.92 Å². The zero-order chi connectivity index (χ0) is 29.3. The first kappa shape index (κ1) is 27.5. The van der Waals surface area contributed by atoms with Crippen molar-refractivity contribution < 1.29 is 31.8 Å². The molecule has 3 atom stereocenters. The number of nitrogens with zero attached hydrogens (tertiary/aromatic N) is 2. The largest absolute Gasteiger partial charge is 0.494 e. The van der Waals surface area contributed by atoms with E-state index in [2.05, 4.69) is 0 Å². The molecule has 2 aliphatic heterocycles. The summed E-state index contributed by atoms with van der Waals surface area (Å²) in [5, 5.41) is 1.50. The van der Waals surface area contributed by atoms with E-state index in [1.54, 1.807) is 72.8 Å². The molecule has 0 N–H and O–H groups in total. The molecule has 0 saturated carbocycles. The third-order valence-electron chi connectivity index (χ3n) is 7.16. The van der Waals surface area contributed by atoms with Gasteiger partial charge in [0.05, 0.1) is 24.0 Å². The number of carbonyl (C=O) groups excluding carboxylic acids is 2. The zero-order valence-corrected chi connectivity index (χ0v) is 23.5. The van der Waals surface area contributed by atoms with Crippen molar-refractivity contribution in [1.29, 1.82) is 0 Å². The molecule has 2 aliphatic rings. The van der Waals surface area contributed by atoms with Crippen molar-refractivity contribution in [3.63, 3.8) is 0 Å². The molecule has 214 valence electrons. The van der Waals surface area contributed by atoms with E-state index < -0.39 is 40.0 Å². The first-order chi connectivity index (χ1) is 20.4. The second-order valence-electron chi connectivity index (χ2n) is 9.90. The number of imide groups is 1. The lowest BCUT2D eigenvalue weighted by Crippen LogP contribution is -2.37. The number of para-hydroxylation sites is 2. The van der Waals surface area contributed by atoms with Gasteiger partial charge in [-0.1, -0.05) is 61.5 Å². The molecule has 2 heterocycles. The van der Waals surface area contributed by atoms with Crippen LogP contribution in [0.1, 0.15) is 24.9 Å². The van der Waals surface area contributed by atoms with E-state index in [0.29, 0.717) is 29.3 Å². The van der Waals surface area contributed by atoms with Gasteiger partial charge in [0.15, 0.2) is 6.10 Å². The fourth-order valence-electron chi connectivity index (χ4n) is 5.25. The van der Waals surface area contributed by atoms with E-state index in [1.807, 2.05) is 25.1 Å². The Kier molecular flexibility index (Phi) is 7.40. The Morgan fingerprint density at radius 1 is 0.762 bits per heavy atom. The van der Waals surface area contributed by atoms with Crippen molar-refractivity contribution in [3.8, 4) is 11.5 Å². The summed E-state index contributed by atoms with van der Waals surface area (Å²) in [7, 11) is -4.19. The van der Waals surface area contributed by atoms with Crippen molar-refractivity contribution in [2.45, 2.75) is 30.4 Å². The van der Waals surface area contributed by atoms with Crippen LogP contribution in [0.5, 0.6) is 11.5 Å². The smallest absolute Gasteiger partial charge is 0.339 e. The number of rotatable bonds is 9. The zero-order valence-electron chi connectivity index (χ0n) is 22.7. The second kappa shape index (κ2) is 11.3. The van der Waals surface area contributed by atoms with E-state index >= 15 is 0 Å². The highest BCUT2D eigenvalue weighted by atomic mass is 32.2. The van der Waals surface area contributed by atoms with Crippen LogP contribution in [0.4, 0.5) is 11.4 Å². The molecule has 42 heavy (non-hydrogen) atoms. The van der Waals surface area contributed by atoms with E-state index in [9.17, 15) is 18.0 Å². The molecule has 9 nitrogen and oxygen atoms in total. The summed E-state index contributed by atoms with van der Waals surface area (Å²) in [6.45, 7) is 2.56. The van der Waals surface area contributed by atoms with E-state index in [-0.39, 0.29) is 10.6 Å². The van der Waals surface area contributed by atoms with Crippen LogP contribution in [0.3, 0.4) is 0 Å². The van der Waals surface area contributed by atoms with Crippen LogP contribution in [0.2, 0.25) is 0 Å². The topological polar surface area (TPSA) is 102 Å². The van der Waals surface area contributed by atoms with Gasteiger partial charge in [0.2, 0.25) is 5.91 Å². The number of hydrogen-bond donors (Lipinski definition) is 0. The van der Waals surface area contributed by atoms with Gasteiger partial charge in [-0.05, 0) is 61.0 Å². The van der Waals surface area contributed by atoms with Gasteiger partial charge in [-0.2, -0.15) is 8.42 Å². The summed E-state index contributed by atoms with van der Waals surface area (Å²) in [4.78, 5) is 35.1. The van der Waals surface area contributed by atoms with Crippen molar-refractivity contribution in [2.75, 3.05) is 16.6 Å². The third kappa shape index (κ3) is 4.99. The van der Waals surface area contributed by atoms with Gasteiger partial charge < -0.3 is 8.92 Å². The minimum Gasteiger partial charge on any atom is -0.494 e. The standard InChI is InChI=1S/C32H28N2O7S/c1-2-21-39-24-19-17-22(18-20-24)33-31(35)28-29(34(40-30(28)32(33)36)23-11-5-3-6-12-23)26-15-9-10-16-27(26)41-42(37,38)25-13-7-4-8-14-25/h3-20,28-30H,2,21H2,1H3/t28-,29-,30+/m1/s1. The van der Waals surface area contributed by atoms with Gasteiger partial charge in [-0.3, -0.25) is 14.4 Å². The molecule has 10 heteroatoms. The Morgan fingerprint density at radius 2 is 1.40 bits per heavy atom. The molecule has 2 fully saturated rings. The van der Waals surface area contributed by atoms with Gasteiger partial charge in [0.1, 0.15) is 22.3 Å². The summed E-state index contributed by atoms with van der Waals surface area (Å²) in [6, 6.07) is 29.3. The molecule has 6 rings (SSSR count). The summed E-state index contributed by atoms with van der Waals surface area (Å²) in [6.07, 6.45) is -0.277. The van der Waals surface area contributed by atoms with Gasteiger partial charge in [-0.15, -0.1) is 0 Å². The minimum atomic E-state index is -4.19. The number of hydrogen-bond acceptors (Lipinski definition) is 8. The molecule has 0 radical (unpaired) electrons. The van der Waals surface area contributed by atoms with Crippen LogP contribution in [0.15, 0.2) is 114 Å². The summed E-state index contributed by atoms with van der Waals surface area (Å²) in [5.74, 6) is -1.28. The predicted octanol–water partition coefficient (Wildman–Crippen LogP) is 5.29. The molecular weight excluding hydrogens is 556 g/mol. The van der Waals surface area contributed by atoms with Gasteiger partial charge in [0, 0.05) is 5.56 Å². The van der Waals surface area contributed by atoms with Crippen molar-refractivity contribution in [1.82, 2.24) is 0 Å². The predicted molar refractivity (Wildman–Crippen MR) is 155 cm³/mol. The molecule has 2 saturated heterocycles. The van der Waals surface area contributed by atoms with Crippen LogP contribution in [-0.2, 0) is 24.5 Å². The highest BCUT2D eigenvalue weighted by Gasteiger charge is 2.60. The molecule has 4 aromatic carbocycles. The first-order valence-electron chi connectivity index (χ1n) is 13.6. The Balaban J connectivity index is 1.39. The number of carbonyl (C=O) groups is 2. The average Bonchev–Trinajstić information content (AvgIpc) is 3.52. The molecule has 0 unspecified atom stereocenters. The Labute approximate surface area is 243 Å². The maximum atomic E-state index is 14.0. The molecule has 0 bridgehead atoms. The Morgan fingerprint density at radius 3 is 2.10 bits per heavy atom. The molecule has 2 amide bonds. The lowest BCUT2D eigenvalue weighted by Gasteiger charge is -2.29. The summed E-state index contributed by atoms with van der Waals surface area (Å²) >= 11 is 0. The normalized spacial score (nSPS) is 20.1. The molecule has 4 aromatic rings. The first-order valence-corrected chi connectivity index (χ1v) is 15.0. The van der Waals surface area contributed by atoms with Crippen molar-refractivity contribution >= 4 is 33.3 Å².